The third-order valence-corrected chi connectivity index (χ3v) is 6.33. The number of benzene rings is 4. The first-order chi connectivity index (χ1) is 18.5. The van der Waals surface area contributed by atoms with Gasteiger partial charge in [0, 0.05) is 10.9 Å². The molecule has 5 aromatic rings. The van der Waals surface area contributed by atoms with Crippen molar-refractivity contribution in [3.63, 3.8) is 0 Å². The number of aromatic nitrogens is 1. The summed E-state index contributed by atoms with van der Waals surface area (Å²) in [6, 6.07) is 31.7. The lowest BCUT2D eigenvalue weighted by Gasteiger charge is -2.16. The van der Waals surface area contributed by atoms with Crippen molar-refractivity contribution in [2.45, 2.75) is 13.5 Å². The third-order valence-electron chi connectivity index (χ3n) is 6.33. The van der Waals surface area contributed by atoms with E-state index in [1.165, 1.54) is 0 Å². The molecular formula is C32H26N2O4. The summed E-state index contributed by atoms with van der Waals surface area (Å²) in [5.74, 6) is 0.347. The Labute approximate surface area is 220 Å². The van der Waals surface area contributed by atoms with Gasteiger partial charge in [-0.3, -0.25) is 4.79 Å². The molecule has 1 heterocycles. The molecule has 6 nitrogen and oxygen atoms in total. The monoisotopic (exact) mass is 502 g/mol. The molecule has 0 aliphatic carbocycles. The van der Waals surface area contributed by atoms with Gasteiger partial charge in [0.2, 0.25) is 0 Å². The Kier molecular flexibility index (Phi) is 7.13. The van der Waals surface area contributed by atoms with Crippen LogP contribution in [0.1, 0.15) is 31.8 Å². The number of nitrogens with one attached hydrogen (secondary N) is 1. The molecule has 0 bridgehead atoms. The molecule has 0 aliphatic heterocycles. The maximum Gasteiger partial charge on any atom is 0.338 e. The Bertz CT molecular complexity index is 1620. The van der Waals surface area contributed by atoms with Crippen molar-refractivity contribution in [3.05, 3.63) is 125 Å². The van der Waals surface area contributed by atoms with Gasteiger partial charge in [-0.2, -0.15) is 0 Å². The highest BCUT2D eigenvalue weighted by molar-refractivity contribution is 6.10. The number of anilines is 1. The lowest BCUT2D eigenvalue weighted by molar-refractivity contribution is 0.0473. The minimum Gasteiger partial charge on any atom is -0.496 e. The maximum atomic E-state index is 13.5. The van der Waals surface area contributed by atoms with Crippen molar-refractivity contribution in [3.8, 4) is 16.9 Å². The van der Waals surface area contributed by atoms with Gasteiger partial charge < -0.3 is 14.8 Å². The van der Waals surface area contributed by atoms with E-state index in [-0.39, 0.29) is 12.5 Å². The third kappa shape index (κ3) is 5.25. The molecule has 6 heteroatoms. The Morgan fingerprint density at radius 3 is 2.32 bits per heavy atom. The fourth-order valence-electron chi connectivity index (χ4n) is 4.37. The number of pyridine rings is 1. The molecule has 4 aromatic carbocycles. The van der Waals surface area contributed by atoms with E-state index in [4.69, 9.17) is 9.47 Å². The molecule has 0 saturated carbocycles. The zero-order valence-corrected chi connectivity index (χ0v) is 21.1. The molecule has 5 rings (SSSR count). The molecule has 0 atom stereocenters. The van der Waals surface area contributed by atoms with Crippen molar-refractivity contribution in [1.29, 1.82) is 0 Å². The van der Waals surface area contributed by atoms with E-state index < -0.39 is 5.97 Å². The van der Waals surface area contributed by atoms with Crippen LogP contribution in [0.3, 0.4) is 0 Å². The van der Waals surface area contributed by atoms with Crippen LogP contribution in [0.4, 0.5) is 5.82 Å². The van der Waals surface area contributed by atoms with Gasteiger partial charge in [0.15, 0.2) is 0 Å². The van der Waals surface area contributed by atoms with E-state index in [0.29, 0.717) is 28.2 Å². The van der Waals surface area contributed by atoms with E-state index in [2.05, 4.69) is 10.3 Å². The summed E-state index contributed by atoms with van der Waals surface area (Å²) >= 11 is 0. The van der Waals surface area contributed by atoms with Crippen LogP contribution in [0.15, 0.2) is 103 Å². The molecule has 1 aromatic heterocycles. The molecule has 188 valence electrons. The highest BCUT2D eigenvalue weighted by Crippen LogP contribution is 2.32. The van der Waals surface area contributed by atoms with Gasteiger partial charge >= 0.3 is 5.97 Å². The van der Waals surface area contributed by atoms with E-state index in [1.54, 1.807) is 31.4 Å². The predicted molar refractivity (Wildman–Crippen MR) is 148 cm³/mol. The number of esters is 1. The minimum atomic E-state index is -0.407. The Morgan fingerprint density at radius 2 is 1.58 bits per heavy atom. The fourth-order valence-corrected chi connectivity index (χ4v) is 4.37. The first-order valence-electron chi connectivity index (χ1n) is 12.2. The average molecular weight is 503 g/mol. The highest BCUT2D eigenvalue weighted by Gasteiger charge is 2.19. The SMILES string of the molecule is COc1ccc(-c2ccccc2)c(C(=O)Nc2ccc3cc(C(=O)OCc4ccccc4)ccc3n2)c1C. The summed E-state index contributed by atoms with van der Waals surface area (Å²) in [6.07, 6.45) is 0. The highest BCUT2D eigenvalue weighted by atomic mass is 16.5. The summed E-state index contributed by atoms with van der Waals surface area (Å²) in [6.45, 7) is 2.07. The van der Waals surface area contributed by atoms with Crippen LogP contribution in [0.25, 0.3) is 22.0 Å². The van der Waals surface area contributed by atoms with Crippen LogP contribution in [0.2, 0.25) is 0 Å². The molecule has 0 spiro atoms. The summed E-state index contributed by atoms with van der Waals surface area (Å²) < 4.78 is 10.9. The van der Waals surface area contributed by atoms with Crippen molar-refractivity contribution >= 4 is 28.6 Å². The molecule has 1 amide bonds. The first kappa shape index (κ1) is 24.7. The number of rotatable bonds is 7. The molecule has 0 saturated heterocycles. The molecule has 38 heavy (non-hydrogen) atoms. The van der Waals surface area contributed by atoms with Gasteiger partial charge in [-0.1, -0.05) is 60.7 Å². The van der Waals surface area contributed by atoms with E-state index in [0.717, 1.165) is 27.6 Å². The zero-order chi connectivity index (χ0) is 26.5. The average Bonchev–Trinajstić information content (AvgIpc) is 2.96. The molecule has 0 radical (unpaired) electrons. The van der Waals surface area contributed by atoms with Crippen molar-refractivity contribution in [2.75, 3.05) is 12.4 Å². The fraction of sp³-hybridized carbons (Fsp3) is 0.0938. The second kappa shape index (κ2) is 11.0. The largest absolute Gasteiger partial charge is 0.496 e. The summed E-state index contributed by atoms with van der Waals surface area (Å²) in [5, 5.41) is 3.69. The molecule has 1 N–H and O–H groups in total. The smallest absolute Gasteiger partial charge is 0.338 e. The summed E-state index contributed by atoms with van der Waals surface area (Å²) in [7, 11) is 1.59. The topological polar surface area (TPSA) is 77.5 Å². The Hall–Kier alpha value is -4.97. The van der Waals surface area contributed by atoms with Crippen molar-refractivity contribution < 1.29 is 19.1 Å². The van der Waals surface area contributed by atoms with Gasteiger partial charge in [0.25, 0.3) is 5.91 Å². The number of carbonyl (C=O) groups is 2. The van der Waals surface area contributed by atoms with E-state index in [1.807, 2.05) is 85.8 Å². The Balaban J connectivity index is 1.37. The summed E-state index contributed by atoms with van der Waals surface area (Å²) in [4.78, 5) is 30.6. The molecular weight excluding hydrogens is 476 g/mol. The van der Waals surface area contributed by atoms with Crippen LogP contribution in [-0.2, 0) is 11.3 Å². The molecule has 0 aliphatic rings. The molecule has 0 unspecified atom stereocenters. The number of nitrogens with zero attached hydrogens (tertiary/aromatic N) is 1. The van der Waals surface area contributed by atoms with Gasteiger partial charge in [-0.15, -0.1) is 0 Å². The summed E-state index contributed by atoms with van der Waals surface area (Å²) in [5.41, 5.74) is 5.01. The van der Waals surface area contributed by atoms with Crippen molar-refractivity contribution in [1.82, 2.24) is 4.98 Å². The van der Waals surface area contributed by atoms with Crippen LogP contribution in [0, 0.1) is 6.92 Å². The number of amides is 1. The van der Waals surface area contributed by atoms with Gasteiger partial charge in [0.05, 0.1) is 23.8 Å². The zero-order valence-electron chi connectivity index (χ0n) is 21.1. The van der Waals surface area contributed by atoms with Crippen LogP contribution in [-0.4, -0.2) is 24.0 Å². The minimum absolute atomic E-state index is 0.204. The number of hydrogen-bond acceptors (Lipinski definition) is 5. The molecule has 0 fully saturated rings. The number of hydrogen-bond donors (Lipinski definition) is 1. The number of ether oxygens (including phenoxy) is 2. The van der Waals surface area contributed by atoms with Gasteiger partial charge in [-0.25, -0.2) is 9.78 Å². The van der Waals surface area contributed by atoms with Gasteiger partial charge in [0.1, 0.15) is 18.2 Å². The quantitative estimate of drug-likeness (QED) is 0.247. The van der Waals surface area contributed by atoms with Crippen LogP contribution in [0.5, 0.6) is 5.75 Å². The Morgan fingerprint density at radius 1 is 0.842 bits per heavy atom. The number of fused-ring (bicyclic) bond motifs is 1. The van der Waals surface area contributed by atoms with E-state index in [9.17, 15) is 9.59 Å². The standard InChI is InChI=1S/C32H26N2O4/c1-21-28(37-2)17-15-26(23-11-7-4-8-12-23)30(21)31(35)34-29-18-14-24-19-25(13-16-27(24)33-29)32(36)38-20-22-9-5-3-6-10-22/h3-19H,20H2,1-2H3,(H,33,34,35). The lowest BCUT2D eigenvalue weighted by atomic mass is 9.94. The van der Waals surface area contributed by atoms with Crippen LogP contribution >= 0.6 is 0 Å². The number of carbonyl (C=O) groups excluding carboxylic acids is 2. The van der Waals surface area contributed by atoms with E-state index >= 15 is 0 Å². The second-order valence-corrected chi connectivity index (χ2v) is 8.80. The second-order valence-electron chi connectivity index (χ2n) is 8.80. The van der Waals surface area contributed by atoms with Gasteiger partial charge in [-0.05, 0) is 66.1 Å². The first-order valence-corrected chi connectivity index (χ1v) is 12.2. The lowest BCUT2D eigenvalue weighted by Crippen LogP contribution is -2.16. The maximum absolute atomic E-state index is 13.5. The van der Waals surface area contributed by atoms with Crippen LogP contribution < -0.4 is 10.1 Å². The predicted octanol–water partition coefficient (Wildman–Crippen LogP) is 6.83. The van der Waals surface area contributed by atoms with Crippen molar-refractivity contribution in [2.24, 2.45) is 0 Å². The number of methoxy groups -OCH3 is 1. The normalized spacial score (nSPS) is 10.7.